The molecule has 0 aliphatic carbocycles. The molecule has 1 heterocycles. The highest BCUT2D eigenvalue weighted by Crippen LogP contribution is 2.12. The summed E-state index contributed by atoms with van der Waals surface area (Å²) in [4.78, 5) is 0. The second-order valence-electron chi connectivity index (χ2n) is 3.63. The Morgan fingerprint density at radius 3 is 2.81 bits per heavy atom. The first-order chi connectivity index (χ1) is 7.86. The lowest BCUT2D eigenvalue weighted by atomic mass is 10.1. The number of anilines is 1. The van der Waals surface area contributed by atoms with Crippen LogP contribution in [0.5, 0.6) is 0 Å². The Morgan fingerprint density at radius 2 is 2.06 bits per heavy atom. The fourth-order valence-corrected chi connectivity index (χ4v) is 2.16. The van der Waals surface area contributed by atoms with Crippen LogP contribution in [0.15, 0.2) is 41.1 Å². The van der Waals surface area contributed by atoms with Crippen LogP contribution >= 0.6 is 11.3 Å². The maximum Gasteiger partial charge on any atom is 0.0725 e. The van der Waals surface area contributed by atoms with Crippen LogP contribution in [0.1, 0.15) is 11.1 Å². The van der Waals surface area contributed by atoms with Crippen molar-refractivity contribution in [3.05, 3.63) is 52.2 Å². The van der Waals surface area contributed by atoms with Crippen LogP contribution in [0.3, 0.4) is 0 Å². The highest BCUT2D eigenvalue weighted by Gasteiger charge is 1.98. The number of para-hydroxylation sites is 1. The molecule has 0 saturated heterocycles. The summed E-state index contributed by atoms with van der Waals surface area (Å²) in [6, 6.07) is 10.0. The minimum Gasteiger partial charge on any atom is -0.399 e. The molecule has 2 aromatic rings. The minimum absolute atomic E-state index is 0.691. The van der Waals surface area contributed by atoms with Gasteiger partial charge in [-0.05, 0) is 40.4 Å². The Labute approximate surface area is 99.7 Å². The molecule has 0 bridgehead atoms. The van der Waals surface area contributed by atoms with Gasteiger partial charge in [0.25, 0.3) is 0 Å². The summed E-state index contributed by atoms with van der Waals surface area (Å²) >= 11 is 1.70. The lowest BCUT2D eigenvalue weighted by molar-refractivity contribution is 0.124. The molecule has 2 nitrogen and oxygen atoms in total. The van der Waals surface area contributed by atoms with Gasteiger partial charge in [-0.25, -0.2) is 0 Å². The monoisotopic (exact) mass is 233 g/mol. The van der Waals surface area contributed by atoms with Gasteiger partial charge in [-0.3, -0.25) is 0 Å². The molecule has 0 atom stereocenters. The lowest BCUT2D eigenvalue weighted by Crippen LogP contribution is -2.01. The summed E-state index contributed by atoms with van der Waals surface area (Å²) in [7, 11) is 0. The number of nitrogens with two attached hydrogens (primary N) is 1. The second-order valence-corrected chi connectivity index (χ2v) is 4.41. The van der Waals surface area contributed by atoms with Gasteiger partial charge in [-0.2, -0.15) is 11.3 Å². The molecule has 0 radical (unpaired) electrons. The largest absolute Gasteiger partial charge is 0.399 e. The van der Waals surface area contributed by atoms with E-state index in [0.29, 0.717) is 13.2 Å². The number of nitrogen functional groups attached to an aromatic ring is 1. The van der Waals surface area contributed by atoms with Crippen molar-refractivity contribution in [2.24, 2.45) is 0 Å². The highest BCUT2D eigenvalue weighted by molar-refractivity contribution is 7.07. The Balaban J connectivity index is 1.74. The first-order valence-corrected chi connectivity index (χ1v) is 6.23. The molecule has 0 unspecified atom stereocenters. The zero-order valence-electron chi connectivity index (χ0n) is 9.06. The highest BCUT2D eigenvalue weighted by atomic mass is 32.1. The zero-order chi connectivity index (χ0) is 11.2. The fraction of sp³-hybridized carbons (Fsp3) is 0.231. The molecule has 16 heavy (non-hydrogen) atoms. The van der Waals surface area contributed by atoms with Crippen molar-refractivity contribution >= 4 is 17.0 Å². The SMILES string of the molecule is Nc1ccccc1CCOCc1ccsc1. The summed E-state index contributed by atoms with van der Waals surface area (Å²) in [5.74, 6) is 0. The molecular formula is C13H15NOS. The summed E-state index contributed by atoms with van der Waals surface area (Å²) in [5, 5.41) is 4.17. The third-order valence-corrected chi connectivity index (χ3v) is 3.15. The zero-order valence-corrected chi connectivity index (χ0v) is 9.87. The van der Waals surface area contributed by atoms with E-state index in [1.54, 1.807) is 11.3 Å². The van der Waals surface area contributed by atoms with Gasteiger partial charge in [0, 0.05) is 5.69 Å². The van der Waals surface area contributed by atoms with E-state index in [1.165, 1.54) is 5.56 Å². The summed E-state index contributed by atoms with van der Waals surface area (Å²) < 4.78 is 5.59. The van der Waals surface area contributed by atoms with E-state index in [0.717, 1.165) is 17.7 Å². The van der Waals surface area contributed by atoms with Gasteiger partial charge in [0.1, 0.15) is 0 Å². The molecular weight excluding hydrogens is 218 g/mol. The molecule has 0 aliphatic rings. The Hall–Kier alpha value is -1.32. The van der Waals surface area contributed by atoms with Crippen LogP contribution in [0, 0.1) is 0 Å². The van der Waals surface area contributed by atoms with Crippen LogP contribution < -0.4 is 5.73 Å². The standard InChI is InChI=1S/C13H15NOS/c14-13-4-2-1-3-12(13)5-7-15-9-11-6-8-16-10-11/h1-4,6,8,10H,5,7,9,14H2. The van der Waals surface area contributed by atoms with E-state index in [4.69, 9.17) is 10.5 Å². The van der Waals surface area contributed by atoms with Crippen molar-refractivity contribution < 1.29 is 4.74 Å². The number of ether oxygens (including phenoxy) is 1. The smallest absolute Gasteiger partial charge is 0.0725 e. The van der Waals surface area contributed by atoms with E-state index < -0.39 is 0 Å². The van der Waals surface area contributed by atoms with Crippen molar-refractivity contribution in [3.8, 4) is 0 Å². The van der Waals surface area contributed by atoms with E-state index >= 15 is 0 Å². The first kappa shape index (κ1) is 11.2. The van der Waals surface area contributed by atoms with Crippen molar-refractivity contribution in [1.82, 2.24) is 0 Å². The van der Waals surface area contributed by atoms with Crippen LogP contribution in [0.4, 0.5) is 5.69 Å². The molecule has 84 valence electrons. The fourth-order valence-electron chi connectivity index (χ4n) is 1.51. The molecule has 0 aliphatic heterocycles. The second kappa shape index (κ2) is 5.68. The molecule has 0 fully saturated rings. The maximum absolute atomic E-state index is 5.84. The van der Waals surface area contributed by atoms with E-state index in [1.807, 2.05) is 24.3 Å². The summed E-state index contributed by atoms with van der Waals surface area (Å²) in [6.07, 6.45) is 0.872. The van der Waals surface area contributed by atoms with Gasteiger partial charge < -0.3 is 10.5 Å². The minimum atomic E-state index is 0.691. The van der Waals surface area contributed by atoms with Crippen molar-refractivity contribution in [3.63, 3.8) is 0 Å². The number of hydrogen-bond donors (Lipinski definition) is 1. The van der Waals surface area contributed by atoms with E-state index in [9.17, 15) is 0 Å². The Kier molecular flexibility index (Phi) is 3.97. The average Bonchev–Trinajstić information content (AvgIpc) is 2.79. The number of rotatable bonds is 5. The van der Waals surface area contributed by atoms with Gasteiger partial charge in [0.05, 0.1) is 13.2 Å². The lowest BCUT2D eigenvalue weighted by Gasteiger charge is -2.05. The topological polar surface area (TPSA) is 35.2 Å². The van der Waals surface area contributed by atoms with Crippen LogP contribution in [-0.4, -0.2) is 6.61 Å². The number of hydrogen-bond acceptors (Lipinski definition) is 3. The maximum atomic E-state index is 5.84. The predicted octanol–water partition coefficient (Wildman–Crippen LogP) is 3.09. The molecule has 1 aromatic heterocycles. The van der Waals surface area contributed by atoms with Crippen molar-refractivity contribution in [2.45, 2.75) is 13.0 Å². The number of benzene rings is 1. The van der Waals surface area contributed by atoms with Gasteiger partial charge in [-0.15, -0.1) is 0 Å². The molecule has 0 spiro atoms. The third-order valence-electron chi connectivity index (χ3n) is 2.42. The normalized spacial score (nSPS) is 10.5. The molecule has 2 rings (SSSR count). The van der Waals surface area contributed by atoms with Crippen LogP contribution in [-0.2, 0) is 17.8 Å². The van der Waals surface area contributed by atoms with Crippen LogP contribution in [0.25, 0.3) is 0 Å². The Bertz CT molecular complexity index is 425. The van der Waals surface area contributed by atoms with Crippen LogP contribution in [0.2, 0.25) is 0 Å². The molecule has 2 N–H and O–H groups in total. The quantitative estimate of drug-likeness (QED) is 0.636. The van der Waals surface area contributed by atoms with Gasteiger partial charge in [0.2, 0.25) is 0 Å². The van der Waals surface area contributed by atoms with Crippen molar-refractivity contribution in [2.75, 3.05) is 12.3 Å². The third kappa shape index (κ3) is 3.08. The molecule has 3 heteroatoms. The molecule has 0 amide bonds. The predicted molar refractivity (Wildman–Crippen MR) is 68.5 cm³/mol. The van der Waals surface area contributed by atoms with E-state index in [2.05, 4.69) is 16.8 Å². The average molecular weight is 233 g/mol. The van der Waals surface area contributed by atoms with Gasteiger partial charge in [-0.1, -0.05) is 18.2 Å². The molecule has 1 aromatic carbocycles. The summed E-state index contributed by atoms with van der Waals surface area (Å²) in [6.45, 7) is 1.40. The van der Waals surface area contributed by atoms with Crippen molar-refractivity contribution in [1.29, 1.82) is 0 Å². The molecule has 0 saturated carbocycles. The van der Waals surface area contributed by atoms with E-state index in [-0.39, 0.29) is 0 Å². The Morgan fingerprint density at radius 1 is 1.19 bits per heavy atom. The number of thiophene rings is 1. The summed E-state index contributed by atoms with van der Waals surface area (Å²) in [5.41, 5.74) is 9.09. The van der Waals surface area contributed by atoms with Gasteiger partial charge in [0.15, 0.2) is 0 Å². The van der Waals surface area contributed by atoms with Gasteiger partial charge >= 0.3 is 0 Å². The first-order valence-electron chi connectivity index (χ1n) is 5.28.